The molecular weight excluding hydrogens is 725 g/mol. The highest BCUT2D eigenvalue weighted by atomic mass is 16.6. The Morgan fingerprint density at radius 1 is 0.789 bits per heavy atom. The average molecular weight is 781 g/mol. The van der Waals surface area contributed by atoms with Gasteiger partial charge in [0.05, 0.1) is 42.8 Å². The number of carbonyl (C=O) groups is 4. The number of benzene rings is 2. The molecule has 4 amide bonds. The summed E-state index contributed by atoms with van der Waals surface area (Å²) in [4.78, 5) is 61.8. The van der Waals surface area contributed by atoms with Crippen LogP contribution in [0.1, 0.15) is 71.1 Å². The molecule has 4 unspecified atom stereocenters. The lowest BCUT2D eigenvalue weighted by molar-refractivity contribution is -0.146. The number of aliphatic hydroxyl groups excluding tert-OH is 1. The Hall–Kier alpha value is -5.82. The summed E-state index contributed by atoms with van der Waals surface area (Å²) in [6.07, 6.45) is 3.39. The van der Waals surface area contributed by atoms with Crippen molar-refractivity contribution in [1.82, 2.24) is 31.0 Å². The molecule has 2 heterocycles. The van der Waals surface area contributed by atoms with Gasteiger partial charge in [0.2, 0.25) is 5.91 Å². The van der Waals surface area contributed by atoms with Gasteiger partial charge >= 0.3 is 18.1 Å². The Balaban J connectivity index is 1.60. The van der Waals surface area contributed by atoms with Crippen molar-refractivity contribution >= 4 is 24.0 Å². The van der Waals surface area contributed by atoms with Crippen molar-refractivity contribution in [3.8, 4) is 11.3 Å². The maximum absolute atomic E-state index is 14.0. The summed E-state index contributed by atoms with van der Waals surface area (Å²) in [5, 5.41) is 19.3. The Morgan fingerprint density at radius 3 is 2.05 bits per heavy atom. The number of esters is 1. The van der Waals surface area contributed by atoms with Crippen LogP contribution in [0.3, 0.4) is 0 Å². The largest absolute Gasteiger partial charge is 0.469 e. The van der Waals surface area contributed by atoms with Gasteiger partial charge in [0.15, 0.2) is 0 Å². The number of hydrazine groups is 1. The average Bonchev–Trinajstić information content (AvgIpc) is 3.18. The van der Waals surface area contributed by atoms with E-state index in [2.05, 4.69) is 26.0 Å². The highest BCUT2D eigenvalue weighted by Gasteiger charge is 2.37. The van der Waals surface area contributed by atoms with Crippen molar-refractivity contribution in [3.05, 3.63) is 120 Å². The molecule has 0 fully saturated rings. The molecule has 2 aromatic heterocycles. The lowest BCUT2D eigenvalue weighted by atomic mass is 9.78. The zero-order chi connectivity index (χ0) is 41.6. The molecule has 0 radical (unpaired) electrons. The van der Waals surface area contributed by atoms with E-state index in [-0.39, 0.29) is 31.8 Å². The van der Waals surface area contributed by atoms with Crippen molar-refractivity contribution < 1.29 is 33.8 Å². The molecule has 2 aromatic carbocycles. The molecule has 57 heavy (non-hydrogen) atoms. The minimum atomic E-state index is -1.18. The molecular formula is C44H56N6O7. The molecule has 0 saturated heterocycles. The van der Waals surface area contributed by atoms with Crippen LogP contribution >= 0.6 is 0 Å². The molecule has 0 aliphatic carbocycles. The number of methoxy groups -OCH3 is 1. The highest BCUT2D eigenvalue weighted by Crippen LogP contribution is 2.30. The summed E-state index contributed by atoms with van der Waals surface area (Å²) in [7, 11) is 1.29. The summed E-state index contributed by atoms with van der Waals surface area (Å²) in [6, 6.07) is 24.2. The first-order valence-corrected chi connectivity index (χ1v) is 19.1. The van der Waals surface area contributed by atoms with Gasteiger partial charge < -0.3 is 25.2 Å². The summed E-state index contributed by atoms with van der Waals surface area (Å²) in [5.74, 6) is -1.58. The lowest BCUT2D eigenvalue weighted by Crippen LogP contribution is -2.62. The minimum absolute atomic E-state index is 0.0384. The molecule has 4 atom stereocenters. The standard InChI is InChI=1S/C44H56N6O7/c1-43(2,3)35(27-39(52)56-7)40(53)47-34(24-31-18-20-33(21-19-31)36-17-11-12-23-46-36)26-38(51)37(25-30-14-9-8-10-15-30)48-41(54)50(44(4,5)6)49-42(55)57-29-32-16-13-22-45-28-32/h8-23,28,34-35,37-38,51H,24-27,29H2,1-7H3,(H,47,53)(H,48,54)(H,49,55). The third-order valence-electron chi connectivity index (χ3n) is 9.47. The Bertz CT molecular complexity index is 1880. The Kier molecular flexibility index (Phi) is 15.7. The molecule has 4 N–H and O–H groups in total. The fourth-order valence-corrected chi connectivity index (χ4v) is 6.28. The monoisotopic (exact) mass is 780 g/mol. The lowest BCUT2D eigenvalue weighted by Gasteiger charge is -2.37. The van der Waals surface area contributed by atoms with E-state index >= 15 is 0 Å². The van der Waals surface area contributed by atoms with Gasteiger partial charge in [-0.3, -0.25) is 19.6 Å². The highest BCUT2D eigenvalue weighted by molar-refractivity contribution is 5.84. The van der Waals surface area contributed by atoms with E-state index in [4.69, 9.17) is 9.47 Å². The van der Waals surface area contributed by atoms with Crippen molar-refractivity contribution in [2.24, 2.45) is 11.3 Å². The van der Waals surface area contributed by atoms with E-state index in [0.717, 1.165) is 27.4 Å². The Labute approximate surface area is 335 Å². The summed E-state index contributed by atoms with van der Waals surface area (Å²) in [5.41, 5.74) is 5.23. The zero-order valence-corrected chi connectivity index (χ0v) is 33.9. The van der Waals surface area contributed by atoms with Gasteiger partial charge in [-0.2, -0.15) is 0 Å². The number of amides is 4. The fourth-order valence-electron chi connectivity index (χ4n) is 6.28. The number of ether oxygens (including phenoxy) is 2. The van der Waals surface area contributed by atoms with Crippen LogP contribution in [0.2, 0.25) is 0 Å². The molecule has 4 rings (SSSR count). The molecule has 0 bridgehead atoms. The van der Waals surface area contributed by atoms with Crippen molar-refractivity contribution in [2.45, 2.75) is 97.6 Å². The molecule has 0 saturated carbocycles. The second-order valence-electron chi connectivity index (χ2n) is 16.1. The van der Waals surface area contributed by atoms with Gasteiger partial charge in [0.1, 0.15) is 6.61 Å². The maximum atomic E-state index is 14.0. The zero-order valence-electron chi connectivity index (χ0n) is 33.9. The number of aliphatic hydroxyl groups is 1. The van der Waals surface area contributed by atoms with Crippen LogP contribution in [0.4, 0.5) is 9.59 Å². The third-order valence-corrected chi connectivity index (χ3v) is 9.47. The number of nitrogens with one attached hydrogen (secondary N) is 3. The summed E-state index contributed by atoms with van der Waals surface area (Å²) in [6.45, 7) is 10.9. The SMILES string of the molecule is COC(=O)CC(C(=O)NC(Cc1ccc(-c2ccccn2)cc1)CC(O)C(Cc1ccccc1)NC(=O)N(NC(=O)OCc1cccnc1)C(C)(C)C)C(C)(C)C. The van der Waals surface area contributed by atoms with Gasteiger partial charge in [-0.1, -0.05) is 87.5 Å². The fraction of sp³-hybridized carbons (Fsp3) is 0.409. The first-order valence-electron chi connectivity index (χ1n) is 19.1. The Morgan fingerprint density at radius 2 is 1.46 bits per heavy atom. The first kappa shape index (κ1) is 43.9. The van der Waals surface area contributed by atoms with Gasteiger partial charge in [-0.05, 0) is 74.8 Å². The van der Waals surface area contributed by atoms with Crippen molar-refractivity contribution in [3.63, 3.8) is 0 Å². The van der Waals surface area contributed by atoms with E-state index in [0.29, 0.717) is 12.0 Å². The predicted octanol–water partition coefficient (Wildman–Crippen LogP) is 6.41. The number of urea groups is 1. The van der Waals surface area contributed by atoms with Crippen LogP contribution in [0.25, 0.3) is 11.3 Å². The summed E-state index contributed by atoms with van der Waals surface area (Å²) < 4.78 is 10.3. The molecule has 13 nitrogen and oxygen atoms in total. The number of rotatable bonds is 15. The van der Waals surface area contributed by atoms with E-state index in [1.807, 2.05) is 93.6 Å². The molecule has 0 spiro atoms. The van der Waals surface area contributed by atoms with Gasteiger partial charge in [-0.15, -0.1) is 0 Å². The maximum Gasteiger partial charge on any atom is 0.426 e. The van der Waals surface area contributed by atoms with E-state index in [9.17, 15) is 24.3 Å². The van der Waals surface area contributed by atoms with Crippen LogP contribution in [0.15, 0.2) is 104 Å². The normalized spacial score (nSPS) is 13.6. The topological polar surface area (TPSA) is 172 Å². The van der Waals surface area contributed by atoms with Crippen LogP contribution in [-0.4, -0.2) is 74.9 Å². The number of nitrogens with zero attached hydrogens (tertiary/aromatic N) is 3. The van der Waals surface area contributed by atoms with Gasteiger partial charge in [0.25, 0.3) is 0 Å². The van der Waals surface area contributed by atoms with Crippen LogP contribution in [-0.2, 0) is 38.5 Å². The van der Waals surface area contributed by atoms with E-state index < -0.39 is 53.2 Å². The molecule has 0 aliphatic heterocycles. The number of carbonyl (C=O) groups excluding carboxylic acids is 4. The smallest absolute Gasteiger partial charge is 0.426 e. The molecule has 13 heteroatoms. The first-order chi connectivity index (χ1) is 27.0. The second-order valence-corrected chi connectivity index (χ2v) is 16.1. The van der Waals surface area contributed by atoms with E-state index in [1.165, 1.54) is 7.11 Å². The van der Waals surface area contributed by atoms with Gasteiger partial charge in [0, 0.05) is 35.8 Å². The predicted molar refractivity (Wildman–Crippen MR) is 217 cm³/mol. The van der Waals surface area contributed by atoms with Crippen molar-refractivity contribution in [1.29, 1.82) is 0 Å². The number of aromatic nitrogens is 2. The van der Waals surface area contributed by atoms with Crippen LogP contribution in [0, 0.1) is 11.3 Å². The molecule has 304 valence electrons. The number of hydrogen-bond donors (Lipinski definition) is 4. The minimum Gasteiger partial charge on any atom is -0.469 e. The molecule has 0 aliphatic rings. The molecule has 4 aromatic rings. The number of pyridine rings is 2. The van der Waals surface area contributed by atoms with Gasteiger partial charge in [-0.25, -0.2) is 20.0 Å². The van der Waals surface area contributed by atoms with E-state index in [1.54, 1.807) is 51.5 Å². The number of hydrogen-bond acceptors (Lipinski definition) is 9. The third kappa shape index (κ3) is 14.0. The summed E-state index contributed by atoms with van der Waals surface area (Å²) >= 11 is 0. The second kappa shape index (κ2) is 20.4. The van der Waals surface area contributed by atoms with Crippen LogP contribution in [0.5, 0.6) is 0 Å². The van der Waals surface area contributed by atoms with Crippen LogP contribution < -0.4 is 16.1 Å². The quantitative estimate of drug-likeness (QED) is 0.0786. The van der Waals surface area contributed by atoms with Crippen molar-refractivity contribution in [2.75, 3.05) is 7.11 Å².